The summed E-state index contributed by atoms with van der Waals surface area (Å²) in [4.78, 5) is 32.4. The Morgan fingerprint density at radius 2 is 1.66 bits per heavy atom. The number of nitrogens with zero attached hydrogens (tertiary/aromatic N) is 1. The van der Waals surface area contributed by atoms with Crippen molar-refractivity contribution in [2.45, 2.75) is 38.5 Å². The summed E-state index contributed by atoms with van der Waals surface area (Å²) in [5.74, 6) is 0.415. The van der Waals surface area contributed by atoms with Crippen LogP contribution in [0, 0.1) is 5.92 Å². The molecule has 1 heterocycles. The Bertz CT molecular complexity index is 1370. The van der Waals surface area contributed by atoms with Crippen LogP contribution >= 0.6 is 15.9 Å². The first kappa shape index (κ1) is 30.6. The van der Waals surface area contributed by atoms with Crippen LogP contribution in [-0.2, 0) is 19.1 Å². The molecule has 1 aliphatic carbocycles. The first-order valence-corrected chi connectivity index (χ1v) is 14.3. The average Bonchev–Trinajstić information content (AvgIpc) is 2.96. The maximum absolute atomic E-state index is 14.0. The number of Topliss-reactive ketones (excluding diaryl/α,β-unsaturated/α-hetero) is 1. The fourth-order valence-corrected chi connectivity index (χ4v) is 6.29. The third-order valence-corrected chi connectivity index (χ3v) is 8.06. The molecule has 4 rings (SSSR count). The minimum absolute atomic E-state index is 0.000577. The number of aliphatic imine (C=N–C) groups is 1. The Kier molecular flexibility index (Phi) is 10.1. The molecule has 2 aromatic rings. The summed E-state index contributed by atoms with van der Waals surface area (Å²) < 4.78 is 33.6. The predicted molar refractivity (Wildman–Crippen MR) is 158 cm³/mol. The maximum Gasteiger partial charge on any atom is 0.336 e. The molecule has 10 heteroatoms. The lowest BCUT2D eigenvalue weighted by atomic mass is 9.66. The molecule has 1 unspecified atom stereocenters. The number of benzene rings is 2. The minimum atomic E-state index is -0.630. The molecule has 220 valence electrons. The van der Waals surface area contributed by atoms with Gasteiger partial charge in [0.05, 0.1) is 50.5 Å². The van der Waals surface area contributed by atoms with Crippen LogP contribution in [-0.4, -0.2) is 65.7 Å². The number of carbonyl (C=O) groups excluding carboxylic acids is 2. The molecule has 1 fully saturated rings. The van der Waals surface area contributed by atoms with E-state index in [1.807, 2.05) is 37.3 Å². The SMILES string of the molecule is CCOc1cc([C@@H]2C(C(=O)OCCOC)=C(C)N=C3C[C@H](c4ccc(OC)c(OC)c4)CC(=O)C32)cc(Br)c1OC. The largest absolute Gasteiger partial charge is 0.493 e. The standard InChI is InChI=1S/C31H36BrNO8/c1-7-40-26-16-20(12-21(32)30(26)39-6)28-27(31(35)41-11-10-36-3)17(2)33-22-13-19(14-23(34)29(22)28)18-8-9-24(37-4)25(15-18)38-5/h8-9,12,15-16,19,28-29H,7,10-11,13-14H2,1-6H3/t19-,28+,29?/m0/s1. The second kappa shape index (κ2) is 13.5. The molecule has 0 radical (unpaired) electrons. The summed E-state index contributed by atoms with van der Waals surface area (Å²) in [6, 6.07) is 9.42. The smallest absolute Gasteiger partial charge is 0.336 e. The number of rotatable bonds is 11. The third kappa shape index (κ3) is 6.28. The first-order valence-electron chi connectivity index (χ1n) is 13.5. The summed E-state index contributed by atoms with van der Waals surface area (Å²) in [6.45, 7) is 4.43. The molecule has 2 aromatic carbocycles. The van der Waals surface area contributed by atoms with Crippen molar-refractivity contribution in [1.82, 2.24) is 0 Å². The molecule has 0 saturated heterocycles. The summed E-state index contributed by atoms with van der Waals surface area (Å²) in [6.07, 6.45) is 0.845. The number of halogens is 1. The molecule has 1 saturated carbocycles. The fraction of sp³-hybridized carbons (Fsp3) is 0.452. The van der Waals surface area contributed by atoms with Crippen LogP contribution in [0.5, 0.6) is 23.0 Å². The van der Waals surface area contributed by atoms with Gasteiger partial charge in [-0.3, -0.25) is 9.79 Å². The summed E-state index contributed by atoms with van der Waals surface area (Å²) >= 11 is 3.60. The van der Waals surface area contributed by atoms with Crippen LogP contribution in [0.3, 0.4) is 0 Å². The Balaban J connectivity index is 1.81. The number of methoxy groups -OCH3 is 4. The van der Waals surface area contributed by atoms with Crippen LogP contribution in [0.1, 0.15) is 49.7 Å². The maximum atomic E-state index is 14.0. The average molecular weight is 631 g/mol. The highest BCUT2D eigenvalue weighted by atomic mass is 79.9. The molecular weight excluding hydrogens is 594 g/mol. The number of ether oxygens (including phenoxy) is 6. The van der Waals surface area contributed by atoms with E-state index >= 15 is 0 Å². The van der Waals surface area contributed by atoms with E-state index in [0.717, 1.165) is 16.8 Å². The van der Waals surface area contributed by atoms with Crippen molar-refractivity contribution in [2.75, 3.05) is 48.3 Å². The number of fused-ring (bicyclic) bond motifs is 1. The topological polar surface area (TPSA) is 102 Å². The van der Waals surface area contributed by atoms with E-state index < -0.39 is 17.8 Å². The van der Waals surface area contributed by atoms with Crippen molar-refractivity contribution in [3.63, 3.8) is 0 Å². The summed E-state index contributed by atoms with van der Waals surface area (Å²) in [5, 5.41) is 0. The monoisotopic (exact) mass is 629 g/mol. The molecule has 41 heavy (non-hydrogen) atoms. The number of allylic oxidation sites excluding steroid dienone is 1. The normalized spacial score (nSPS) is 20.2. The number of ketones is 1. The van der Waals surface area contributed by atoms with Gasteiger partial charge in [-0.05, 0) is 77.5 Å². The van der Waals surface area contributed by atoms with Crippen LogP contribution in [0.15, 0.2) is 51.1 Å². The van der Waals surface area contributed by atoms with Crippen molar-refractivity contribution in [1.29, 1.82) is 0 Å². The molecule has 3 atom stereocenters. The molecule has 0 bridgehead atoms. The van der Waals surface area contributed by atoms with Crippen molar-refractivity contribution in [3.8, 4) is 23.0 Å². The van der Waals surface area contributed by atoms with Gasteiger partial charge >= 0.3 is 5.97 Å². The zero-order valence-corrected chi connectivity index (χ0v) is 25.8. The van der Waals surface area contributed by atoms with Gasteiger partial charge in [0, 0.05) is 30.9 Å². The van der Waals surface area contributed by atoms with Gasteiger partial charge in [0.25, 0.3) is 0 Å². The van der Waals surface area contributed by atoms with Gasteiger partial charge in [0.15, 0.2) is 23.0 Å². The Morgan fingerprint density at radius 1 is 0.927 bits per heavy atom. The van der Waals surface area contributed by atoms with Crippen molar-refractivity contribution < 1.29 is 38.0 Å². The Morgan fingerprint density at radius 3 is 2.32 bits per heavy atom. The summed E-state index contributed by atoms with van der Waals surface area (Å²) in [5.41, 5.74) is 3.31. The second-order valence-electron chi connectivity index (χ2n) is 9.84. The first-order chi connectivity index (χ1) is 19.8. The number of hydrogen-bond acceptors (Lipinski definition) is 9. The van der Waals surface area contributed by atoms with Gasteiger partial charge in [-0.15, -0.1) is 0 Å². The van der Waals surface area contributed by atoms with E-state index in [0.29, 0.717) is 51.8 Å². The van der Waals surface area contributed by atoms with Crippen molar-refractivity contribution in [3.05, 3.63) is 57.2 Å². The molecule has 0 aromatic heterocycles. The Hall–Kier alpha value is -3.37. The van der Waals surface area contributed by atoms with E-state index in [2.05, 4.69) is 15.9 Å². The van der Waals surface area contributed by atoms with Gasteiger partial charge < -0.3 is 28.4 Å². The zero-order valence-electron chi connectivity index (χ0n) is 24.2. The van der Waals surface area contributed by atoms with Crippen LogP contribution in [0.4, 0.5) is 0 Å². The highest BCUT2D eigenvalue weighted by Gasteiger charge is 2.46. The van der Waals surface area contributed by atoms with Gasteiger partial charge in [0.1, 0.15) is 12.4 Å². The van der Waals surface area contributed by atoms with Crippen LogP contribution in [0.25, 0.3) is 0 Å². The molecule has 0 N–H and O–H groups in total. The van der Waals surface area contributed by atoms with E-state index in [9.17, 15) is 9.59 Å². The highest BCUT2D eigenvalue weighted by molar-refractivity contribution is 9.10. The third-order valence-electron chi connectivity index (χ3n) is 7.47. The molecule has 2 aliphatic rings. The molecule has 0 amide bonds. The lowest BCUT2D eigenvalue weighted by Gasteiger charge is -2.38. The number of carbonyl (C=O) groups is 2. The van der Waals surface area contributed by atoms with E-state index in [-0.39, 0.29) is 31.3 Å². The quantitative estimate of drug-likeness (QED) is 0.232. The van der Waals surface area contributed by atoms with Gasteiger partial charge in [0.2, 0.25) is 0 Å². The lowest BCUT2D eigenvalue weighted by molar-refractivity contribution is -0.140. The van der Waals surface area contributed by atoms with E-state index in [4.69, 9.17) is 33.4 Å². The van der Waals surface area contributed by atoms with Crippen molar-refractivity contribution in [2.24, 2.45) is 10.9 Å². The minimum Gasteiger partial charge on any atom is -0.493 e. The summed E-state index contributed by atoms with van der Waals surface area (Å²) in [7, 11) is 6.28. The number of esters is 1. The number of hydrogen-bond donors (Lipinski definition) is 0. The fourth-order valence-electron chi connectivity index (χ4n) is 5.67. The highest BCUT2D eigenvalue weighted by Crippen LogP contribution is 2.49. The van der Waals surface area contributed by atoms with Gasteiger partial charge in [-0.1, -0.05) is 6.07 Å². The van der Waals surface area contributed by atoms with E-state index in [1.54, 1.807) is 28.3 Å². The second-order valence-corrected chi connectivity index (χ2v) is 10.7. The van der Waals surface area contributed by atoms with Crippen LogP contribution in [0.2, 0.25) is 0 Å². The molecular formula is C31H36BrNO8. The van der Waals surface area contributed by atoms with E-state index in [1.165, 1.54) is 7.11 Å². The zero-order chi connectivity index (χ0) is 29.7. The van der Waals surface area contributed by atoms with Crippen LogP contribution < -0.4 is 18.9 Å². The predicted octanol–water partition coefficient (Wildman–Crippen LogP) is 5.64. The molecule has 1 aliphatic heterocycles. The lowest BCUT2D eigenvalue weighted by Crippen LogP contribution is -2.41. The van der Waals surface area contributed by atoms with Gasteiger partial charge in [-0.25, -0.2) is 4.79 Å². The molecule has 9 nitrogen and oxygen atoms in total. The van der Waals surface area contributed by atoms with Crippen molar-refractivity contribution >= 4 is 33.4 Å². The Labute approximate surface area is 248 Å². The molecule has 0 spiro atoms. The van der Waals surface area contributed by atoms with Gasteiger partial charge in [-0.2, -0.15) is 0 Å².